The topological polar surface area (TPSA) is 29.5 Å². The molecule has 0 amide bonds. The van der Waals surface area contributed by atoms with Gasteiger partial charge >= 0.3 is 0 Å². The second-order valence-electron chi connectivity index (χ2n) is 3.10. The van der Waals surface area contributed by atoms with Gasteiger partial charge in [-0.2, -0.15) is 0 Å². The number of rotatable bonds is 5. The molecule has 0 radical (unpaired) electrons. The van der Waals surface area contributed by atoms with Crippen LogP contribution in [-0.2, 0) is 4.74 Å². The van der Waals surface area contributed by atoms with Crippen LogP contribution >= 0.6 is 0 Å². The normalized spacial score (nSPS) is 16.0. The van der Waals surface area contributed by atoms with Crippen molar-refractivity contribution >= 4 is 0 Å². The van der Waals surface area contributed by atoms with Crippen LogP contribution in [0.5, 0.6) is 0 Å². The van der Waals surface area contributed by atoms with E-state index in [1.807, 2.05) is 13.8 Å². The van der Waals surface area contributed by atoms with E-state index in [0.29, 0.717) is 0 Å². The zero-order chi connectivity index (χ0) is 8.85. The van der Waals surface area contributed by atoms with Crippen LogP contribution in [0.25, 0.3) is 0 Å². The van der Waals surface area contributed by atoms with E-state index in [9.17, 15) is 0 Å². The molecule has 0 heterocycles. The van der Waals surface area contributed by atoms with Crippen molar-refractivity contribution < 1.29 is 9.84 Å². The predicted molar refractivity (Wildman–Crippen MR) is 46.5 cm³/mol. The Balaban J connectivity index is 3.84. The molecule has 1 N–H and O–H groups in total. The minimum atomic E-state index is 0.109. The highest BCUT2D eigenvalue weighted by Crippen LogP contribution is 2.13. The third kappa shape index (κ3) is 4.17. The molecule has 0 aliphatic carbocycles. The Morgan fingerprint density at radius 3 is 2.45 bits per heavy atom. The molecular weight excluding hydrogens is 140 g/mol. The lowest BCUT2D eigenvalue weighted by Crippen LogP contribution is -2.23. The molecule has 2 nitrogen and oxygen atoms in total. The van der Waals surface area contributed by atoms with Crippen LogP contribution in [0.15, 0.2) is 12.2 Å². The van der Waals surface area contributed by atoms with Gasteiger partial charge < -0.3 is 9.84 Å². The molecule has 0 aromatic carbocycles. The van der Waals surface area contributed by atoms with Crippen LogP contribution in [0.1, 0.15) is 20.3 Å². The van der Waals surface area contributed by atoms with Gasteiger partial charge in [-0.15, -0.1) is 6.58 Å². The lowest BCUT2D eigenvalue weighted by molar-refractivity contribution is 0.0345. The summed E-state index contributed by atoms with van der Waals surface area (Å²) in [5.41, 5.74) is 1.09. The minimum Gasteiger partial charge on any atom is -0.396 e. The third-order valence-corrected chi connectivity index (χ3v) is 1.78. The molecule has 0 aromatic rings. The first-order valence-electron chi connectivity index (χ1n) is 3.89. The number of aliphatic hydroxyl groups is 1. The van der Waals surface area contributed by atoms with Crippen LogP contribution < -0.4 is 0 Å². The van der Waals surface area contributed by atoms with Gasteiger partial charge in [-0.1, -0.05) is 12.5 Å². The maximum absolute atomic E-state index is 8.84. The zero-order valence-corrected chi connectivity index (χ0v) is 7.63. The SMILES string of the molecule is C=C(C)CC(OC)C(C)CO. The second kappa shape index (κ2) is 5.33. The summed E-state index contributed by atoms with van der Waals surface area (Å²) in [6.45, 7) is 7.91. The van der Waals surface area contributed by atoms with Crippen LogP contribution in [0.2, 0.25) is 0 Å². The van der Waals surface area contributed by atoms with Crippen LogP contribution in [0, 0.1) is 5.92 Å². The van der Waals surface area contributed by atoms with E-state index < -0.39 is 0 Å². The Morgan fingerprint density at radius 1 is 1.64 bits per heavy atom. The Bertz CT molecular complexity index is 121. The Hall–Kier alpha value is -0.340. The van der Waals surface area contributed by atoms with Crippen LogP contribution in [0.3, 0.4) is 0 Å². The molecule has 0 spiro atoms. The number of ether oxygens (including phenoxy) is 1. The molecular formula is C9H18O2. The Labute approximate surface area is 68.9 Å². The summed E-state index contributed by atoms with van der Waals surface area (Å²) in [7, 11) is 1.67. The van der Waals surface area contributed by atoms with Crippen molar-refractivity contribution in [3.05, 3.63) is 12.2 Å². The summed E-state index contributed by atoms with van der Waals surface area (Å²) in [4.78, 5) is 0. The average molecular weight is 158 g/mol. The van der Waals surface area contributed by atoms with E-state index >= 15 is 0 Å². The van der Waals surface area contributed by atoms with Gasteiger partial charge in [-0.25, -0.2) is 0 Å². The molecule has 0 bridgehead atoms. The van der Waals surface area contributed by atoms with Crippen molar-refractivity contribution in [2.24, 2.45) is 5.92 Å². The first kappa shape index (κ1) is 10.7. The molecule has 0 rings (SSSR count). The van der Waals surface area contributed by atoms with Gasteiger partial charge in [0.05, 0.1) is 6.10 Å². The van der Waals surface area contributed by atoms with Crippen molar-refractivity contribution in [3.63, 3.8) is 0 Å². The monoisotopic (exact) mass is 158 g/mol. The van der Waals surface area contributed by atoms with Gasteiger partial charge in [0.25, 0.3) is 0 Å². The van der Waals surface area contributed by atoms with E-state index in [0.717, 1.165) is 12.0 Å². The first-order valence-corrected chi connectivity index (χ1v) is 3.89. The zero-order valence-electron chi connectivity index (χ0n) is 7.63. The number of methoxy groups -OCH3 is 1. The second-order valence-corrected chi connectivity index (χ2v) is 3.10. The van der Waals surface area contributed by atoms with Crippen molar-refractivity contribution in [1.29, 1.82) is 0 Å². The third-order valence-electron chi connectivity index (χ3n) is 1.78. The summed E-state index contributed by atoms with van der Waals surface area (Å²) in [6.07, 6.45) is 0.940. The van der Waals surface area contributed by atoms with E-state index in [2.05, 4.69) is 6.58 Å². The molecule has 0 saturated heterocycles. The smallest absolute Gasteiger partial charge is 0.0655 e. The lowest BCUT2D eigenvalue weighted by atomic mass is 10.00. The highest BCUT2D eigenvalue weighted by atomic mass is 16.5. The van der Waals surface area contributed by atoms with E-state index in [1.165, 1.54) is 0 Å². The lowest BCUT2D eigenvalue weighted by Gasteiger charge is -2.20. The van der Waals surface area contributed by atoms with Crippen LogP contribution in [-0.4, -0.2) is 24.9 Å². The van der Waals surface area contributed by atoms with Gasteiger partial charge in [0.2, 0.25) is 0 Å². The summed E-state index contributed by atoms with van der Waals surface area (Å²) >= 11 is 0. The molecule has 2 atom stereocenters. The highest BCUT2D eigenvalue weighted by molar-refractivity contribution is 4.92. The summed E-state index contributed by atoms with van der Waals surface area (Å²) < 4.78 is 5.19. The number of hydrogen-bond acceptors (Lipinski definition) is 2. The molecule has 0 saturated carbocycles. The predicted octanol–water partition coefficient (Wildman–Crippen LogP) is 1.60. The quantitative estimate of drug-likeness (QED) is 0.616. The molecule has 0 aliphatic heterocycles. The van der Waals surface area contributed by atoms with E-state index in [4.69, 9.17) is 9.84 Å². The molecule has 2 unspecified atom stereocenters. The molecule has 0 aliphatic rings. The van der Waals surface area contributed by atoms with Gasteiger partial charge in [0, 0.05) is 19.6 Å². The van der Waals surface area contributed by atoms with Gasteiger partial charge in [0.1, 0.15) is 0 Å². The van der Waals surface area contributed by atoms with Crippen molar-refractivity contribution in [2.75, 3.05) is 13.7 Å². The Morgan fingerprint density at radius 2 is 2.18 bits per heavy atom. The van der Waals surface area contributed by atoms with Gasteiger partial charge in [-0.3, -0.25) is 0 Å². The van der Waals surface area contributed by atoms with Crippen molar-refractivity contribution in [1.82, 2.24) is 0 Å². The number of aliphatic hydroxyl groups excluding tert-OH is 1. The average Bonchev–Trinajstić information content (AvgIpc) is 1.98. The Kier molecular flexibility index (Phi) is 5.16. The van der Waals surface area contributed by atoms with Crippen molar-refractivity contribution in [2.45, 2.75) is 26.4 Å². The fourth-order valence-corrected chi connectivity index (χ4v) is 0.978. The fourth-order valence-electron chi connectivity index (χ4n) is 0.978. The minimum absolute atomic E-state index is 0.109. The van der Waals surface area contributed by atoms with E-state index in [1.54, 1.807) is 7.11 Å². The van der Waals surface area contributed by atoms with Crippen molar-refractivity contribution in [3.8, 4) is 0 Å². The number of hydrogen-bond donors (Lipinski definition) is 1. The van der Waals surface area contributed by atoms with E-state index in [-0.39, 0.29) is 18.6 Å². The maximum Gasteiger partial charge on any atom is 0.0655 e. The fraction of sp³-hybridized carbons (Fsp3) is 0.778. The molecule has 2 heteroatoms. The van der Waals surface area contributed by atoms with Gasteiger partial charge in [0.15, 0.2) is 0 Å². The maximum atomic E-state index is 8.84. The summed E-state index contributed by atoms with van der Waals surface area (Å²) in [5, 5.41) is 8.84. The van der Waals surface area contributed by atoms with Gasteiger partial charge in [-0.05, 0) is 13.3 Å². The molecule has 0 aromatic heterocycles. The molecule has 11 heavy (non-hydrogen) atoms. The molecule has 0 fully saturated rings. The summed E-state index contributed by atoms with van der Waals surface area (Å²) in [5.74, 6) is 0.191. The standard InChI is InChI=1S/C9H18O2/c1-7(2)5-9(11-4)8(3)6-10/h8-10H,1,5-6H2,2-4H3. The summed E-state index contributed by atoms with van der Waals surface area (Å²) in [6, 6.07) is 0. The van der Waals surface area contributed by atoms with Crippen LogP contribution in [0.4, 0.5) is 0 Å². The highest BCUT2D eigenvalue weighted by Gasteiger charge is 2.15. The molecule has 66 valence electrons. The largest absolute Gasteiger partial charge is 0.396 e. The first-order chi connectivity index (χ1) is 5.11.